The molecule has 0 saturated carbocycles. The number of Topliss-reactive ketones (excluding diaryl/α,β-unsaturated/α-hetero) is 1. The number of thiazole rings is 1. The summed E-state index contributed by atoms with van der Waals surface area (Å²) < 4.78 is 15.4. The molecule has 1 aliphatic heterocycles. The number of carbonyl (C=O) groups excluding carboxylic acids is 2. The number of pyridine rings is 1. The summed E-state index contributed by atoms with van der Waals surface area (Å²) >= 11 is 1.19. The van der Waals surface area contributed by atoms with E-state index in [4.69, 9.17) is 0 Å². The second-order valence-electron chi connectivity index (χ2n) is 7.47. The van der Waals surface area contributed by atoms with Crippen molar-refractivity contribution >= 4 is 39.6 Å². The van der Waals surface area contributed by atoms with E-state index in [1.54, 1.807) is 12.3 Å². The van der Waals surface area contributed by atoms with Gasteiger partial charge in [-0.1, -0.05) is 18.2 Å². The zero-order valence-electron chi connectivity index (χ0n) is 17.1. The zero-order chi connectivity index (χ0) is 22.6. The SMILES string of the molecule is Cc1cccn2c(C)c(C(O)=C3C(=O)C(=O)N(c4nccs4)C3c3ccc(F)cc3)nc12. The molecular formula is C23H17FN4O3S. The number of aliphatic hydroxyl groups excluding tert-OH is 1. The Morgan fingerprint density at radius 3 is 2.56 bits per heavy atom. The number of carbonyl (C=O) groups is 2. The minimum atomic E-state index is -0.966. The number of amides is 1. The number of rotatable bonds is 3. The van der Waals surface area contributed by atoms with E-state index in [0.29, 0.717) is 22.0 Å². The summed E-state index contributed by atoms with van der Waals surface area (Å²) in [6.07, 6.45) is 3.34. The Morgan fingerprint density at radius 2 is 1.91 bits per heavy atom. The van der Waals surface area contributed by atoms with E-state index in [0.717, 1.165) is 5.56 Å². The van der Waals surface area contributed by atoms with E-state index >= 15 is 0 Å². The van der Waals surface area contributed by atoms with Gasteiger partial charge in [-0.2, -0.15) is 0 Å². The number of anilines is 1. The number of nitrogens with zero attached hydrogens (tertiary/aromatic N) is 4. The highest BCUT2D eigenvalue weighted by molar-refractivity contribution is 7.14. The van der Waals surface area contributed by atoms with Crippen LogP contribution in [0, 0.1) is 19.7 Å². The van der Waals surface area contributed by atoms with Crippen LogP contribution >= 0.6 is 11.3 Å². The Kier molecular flexibility index (Phi) is 4.63. The highest BCUT2D eigenvalue weighted by atomic mass is 32.1. The Bertz CT molecular complexity index is 1410. The lowest BCUT2D eigenvalue weighted by Gasteiger charge is -2.22. The van der Waals surface area contributed by atoms with Crippen molar-refractivity contribution in [3.05, 3.63) is 88.1 Å². The number of aromatic nitrogens is 3. The summed E-state index contributed by atoms with van der Waals surface area (Å²) in [6.45, 7) is 3.67. The van der Waals surface area contributed by atoms with Gasteiger partial charge in [0, 0.05) is 17.8 Å². The average molecular weight is 448 g/mol. The highest BCUT2D eigenvalue weighted by Gasteiger charge is 2.48. The van der Waals surface area contributed by atoms with Crippen molar-refractivity contribution in [2.24, 2.45) is 0 Å². The first-order chi connectivity index (χ1) is 15.4. The number of hydrogen-bond donors (Lipinski definition) is 1. The second kappa shape index (κ2) is 7.38. The minimum absolute atomic E-state index is 0.110. The van der Waals surface area contributed by atoms with Crippen molar-refractivity contribution < 1.29 is 19.1 Å². The molecule has 1 aromatic carbocycles. The van der Waals surface area contributed by atoms with Gasteiger partial charge in [-0.25, -0.2) is 14.4 Å². The lowest BCUT2D eigenvalue weighted by molar-refractivity contribution is -0.132. The monoisotopic (exact) mass is 448 g/mol. The third-order valence-electron chi connectivity index (χ3n) is 5.56. The quantitative estimate of drug-likeness (QED) is 0.289. The van der Waals surface area contributed by atoms with Crippen molar-refractivity contribution in [1.29, 1.82) is 0 Å². The highest BCUT2D eigenvalue weighted by Crippen LogP contribution is 2.43. The Balaban J connectivity index is 1.77. The lowest BCUT2D eigenvalue weighted by atomic mass is 9.96. The van der Waals surface area contributed by atoms with E-state index in [1.807, 2.05) is 29.7 Å². The lowest BCUT2D eigenvalue weighted by Crippen LogP contribution is -2.29. The number of aryl methyl sites for hydroxylation is 2. The van der Waals surface area contributed by atoms with Gasteiger partial charge in [0.1, 0.15) is 17.2 Å². The fourth-order valence-electron chi connectivity index (χ4n) is 4.00. The van der Waals surface area contributed by atoms with Crippen LogP contribution < -0.4 is 4.90 Å². The largest absolute Gasteiger partial charge is 0.505 e. The summed E-state index contributed by atoms with van der Waals surface area (Å²) in [5, 5.41) is 13.3. The molecule has 1 N–H and O–H groups in total. The first-order valence-corrected chi connectivity index (χ1v) is 10.7. The molecule has 32 heavy (non-hydrogen) atoms. The molecule has 3 aromatic heterocycles. The molecule has 0 bridgehead atoms. The zero-order valence-corrected chi connectivity index (χ0v) is 17.9. The van der Waals surface area contributed by atoms with Crippen LogP contribution in [0.1, 0.15) is 28.6 Å². The van der Waals surface area contributed by atoms with Gasteiger partial charge in [-0.3, -0.25) is 14.5 Å². The number of hydrogen-bond acceptors (Lipinski definition) is 6. The molecule has 0 spiro atoms. The number of aliphatic hydroxyl groups is 1. The van der Waals surface area contributed by atoms with Crippen LogP contribution in [-0.4, -0.2) is 31.2 Å². The summed E-state index contributed by atoms with van der Waals surface area (Å²) in [7, 11) is 0. The van der Waals surface area contributed by atoms with Crippen molar-refractivity contribution in [3.63, 3.8) is 0 Å². The van der Waals surface area contributed by atoms with Crippen molar-refractivity contribution in [2.75, 3.05) is 4.90 Å². The van der Waals surface area contributed by atoms with Gasteiger partial charge in [0.2, 0.25) is 0 Å². The number of halogens is 1. The van der Waals surface area contributed by atoms with Gasteiger partial charge in [0.05, 0.1) is 17.3 Å². The molecule has 7 nitrogen and oxygen atoms in total. The number of imidazole rings is 1. The molecule has 4 heterocycles. The molecule has 1 fully saturated rings. The average Bonchev–Trinajstić information content (AvgIpc) is 3.48. The molecule has 4 aromatic rings. The van der Waals surface area contributed by atoms with E-state index in [-0.39, 0.29) is 17.0 Å². The standard InChI is InChI=1S/C23H17FN4O3S/c1-12-4-3-10-27-13(2)17(26-21(12)27)19(29)16-18(14-5-7-15(24)8-6-14)28(22(31)20(16)30)23-25-9-11-32-23/h3-11,18,29H,1-2H3. The molecule has 0 radical (unpaired) electrons. The Hall–Kier alpha value is -3.85. The molecule has 1 unspecified atom stereocenters. The van der Waals surface area contributed by atoms with Crippen LogP contribution in [0.5, 0.6) is 0 Å². The fourth-order valence-corrected chi connectivity index (χ4v) is 4.67. The normalized spacial score (nSPS) is 18.1. The Morgan fingerprint density at radius 1 is 1.16 bits per heavy atom. The van der Waals surface area contributed by atoms with Gasteiger partial charge in [0.25, 0.3) is 5.78 Å². The molecule has 0 aliphatic carbocycles. The van der Waals surface area contributed by atoms with Gasteiger partial charge in [-0.05, 0) is 43.2 Å². The smallest absolute Gasteiger partial charge is 0.301 e. The third-order valence-corrected chi connectivity index (χ3v) is 6.33. The van der Waals surface area contributed by atoms with Gasteiger partial charge in [0.15, 0.2) is 10.9 Å². The van der Waals surface area contributed by atoms with Crippen LogP contribution in [0.25, 0.3) is 11.4 Å². The van der Waals surface area contributed by atoms with E-state index in [1.165, 1.54) is 46.7 Å². The van der Waals surface area contributed by atoms with Crippen LogP contribution in [0.4, 0.5) is 9.52 Å². The van der Waals surface area contributed by atoms with E-state index < -0.39 is 23.5 Å². The second-order valence-corrected chi connectivity index (χ2v) is 8.34. The van der Waals surface area contributed by atoms with Gasteiger partial charge >= 0.3 is 5.91 Å². The molecule has 9 heteroatoms. The molecule has 1 amide bonds. The fraction of sp³-hybridized carbons (Fsp3) is 0.130. The van der Waals surface area contributed by atoms with Crippen LogP contribution in [0.3, 0.4) is 0 Å². The maximum atomic E-state index is 13.6. The predicted octanol–water partition coefficient (Wildman–Crippen LogP) is 4.17. The molecule has 5 rings (SSSR count). The first kappa shape index (κ1) is 20.1. The molecule has 1 atom stereocenters. The molecule has 1 saturated heterocycles. The minimum Gasteiger partial charge on any atom is -0.505 e. The van der Waals surface area contributed by atoms with E-state index in [2.05, 4.69) is 9.97 Å². The third kappa shape index (κ3) is 2.93. The summed E-state index contributed by atoms with van der Waals surface area (Å²) in [4.78, 5) is 36.1. The number of fused-ring (bicyclic) bond motifs is 1. The van der Waals surface area contributed by atoms with Gasteiger partial charge < -0.3 is 9.51 Å². The number of ketones is 1. The van der Waals surface area contributed by atoms with Crippen LogP contribution in [0.2, 0.25) is 0 Å². The summed E-state index contributed by atoms with van der Waals surface area (Å²) in [5.74, 6) is -2.49. The predicted molar refractivity (Wildman–Crippen MR) is 118 cm³/mol. The van der Waals surface area contributed by atoms with Crippen LogP contribution in [-0.2, 0) is 9.59 Å². The topological polar surface area (TPSA) is 87.8 Å². The number of benzene rings is 1. The van der Waals surface area contributed by atoms with Crippen molar-refractivity contribution in [2.45, 2.75) is 19.9 Å². The summed E-state index contributed by atoms with van der Waals surface area (Å²) in [6, 6.07) is 8.26. The van der Waals surface area contributed by atoms with Crippen molar-refractivity contribution in [1.82, 2.24) is 14.4 Å². The van der Waals surface area contributed by atoms with E-state index in [9.17, 15) is 19.1 Å². The molecular weight excluding hydrogens is 431 g/mol. The summed E-state index contributed by atoms with van der Waals surface area (Å²) in [5.41, 5.74) is 2.73. The Labute approximate surface area is 186 Å². The van der Waals surface area contributed by atoms with Crippen molar-refractivity contribution in [3.8, 4) is 0 Å². The molecule has 1 aliphatic rings. The maximum Gasteiger partial charge on any atom is 0.301 e. The van der Waals surface area contributed by atoms with Crippen LogP contribution in [0.15, 0.2) is 59.7 Å². The molecule has 160 valence electrons. The van der Waals surface area contributed by atoms with Gasteiger partial charge in [-0.15, -0.1) is 11.3 Å². The maximum absolute atomic E-state index is 13.6. The first-order valence-electron chi connectivity index (χ1n) is 9.79.